The number of anilines is 4. The van der Waals surface area contributed by atoms with Crippen molar-refractivity contribution in [1.29, 1.82) is 0 Å². The highest BCUT2D eigenvalue weighted by Gasteiger charge is 2.18. The van der Waals surface area contributed by atoms with E-state index in [9.17, 15) is 9.18 Å². The monoisotopic (exact) mass is 432 g/mol. The average molecular weight is 432 g/mol. The van der Waals surface area contributed by atoms with Crippen molar-refractivity contribution in [3.05, 3.63) is 72.3 Å². The first-order valence-electron chi connectivity index (χ1n) is 10.3. The zero-order chi connectivity index (χ0) is 21.9. The van der Waals surface area contributed by atoms with Crippen LogP contribution in [0.1, 0.15) is 10.4 Å². The third kappa shape index (κ3) is 4.23. The van der Waals surface area contributed by atoms with Crippen LogP contribution in [0.25, 0.3) is 10.9 Å². The van der Waals surface area contributed by atoms with E-state index in [2.05, 4.69) is 25.6 Å². The molecule has 1 fully saturated rings. The number of aromatic nitrogens is 3. The summed E-state index contributed by atoms with van der Waals surface area (Å²) >= 11 is 0. The van der Waals surface area contributed by atoms with E-state index in [1.807, 2.05) is 30.5 Å². The van der Waals surface area contributed by atoms with Crippen LogP contribution in [0.15, 0.2) is 60.9 Å². The van der Waals surface area contributed by atoms with Crippen LogP contribution in [0.4, 0.5) is 27.5 Å². The van der Waals surface area contributed by atoms with E-state index < -0.39 is 5.82 Å². The third-order valence-corrected chi connectivity index (χ3v) is 5.23. The molecule has 0 aliphatic carbocycles. The number of rotatable bonds is 5. The van der Waals surface area contributed by atoms with Crippen LogP contribution in [-0.2, 0) is 4.74 Å². The van der Waals surface area contributed by atoms with Gasteiger partial charge in [0, 0.05) is 41.7 Å². The second-order valence-corrected chi connectivity index (χ2v) is 7.41. The molecule has 1 aliphatic rings. The van der Waals surface area contributed by atoms with Crippen LogP contribution in [-0.4, -0.2) is 52.1 Å². The van der Waals surface area contributed by atoms with E-state index in [4.69, 9.17) is 4.74 Å². The minimum atomic E-state index is -0.571. The molecular formula is C23H21FN6O2. The number of halogens is 1. The van der Waals surface area contributed by atoms with Crippen LogP contribution in [0.5, 0.6) is 0 Å². The third-order valence-electron chi connectivity index (χ3n) is 5.23. The predicted molar refractivity (Wildman–Crippen MR) is 120 cm³/mol. The minimum absolute atomic E-state index is 0.0500. The molecule has 1 amide bonds. The molecule has 1 saturated heterocycles. The summed E-state index contributed by atoms with van der Waals surface area (Å²) in [5.74, 6) is -0.364. The molecule has 0 bridgehead atoms. The molecule has 0 radical (unpaired) electrons. The number of morpholine rings is 1. The van der Waals surface area contributed by atoms with E-state index in [-0.39, 0.29) is 17.7 Å². The van der Waals surface area contributed by atoms with Crippen LogP contribution in [0.2, 0.25) is 0 Å². The highest BCUT2D eigenvalue weighted by atomic mass is 19.1. The number of nitrogens with one attached hydrogen (secondary N) is 3. The SMILES string of the molecule is O=C(c1cccc(Nc2ncc(F)c(Nc3ccc4cc[nH]c4c3)n2)c1)N1CCOCC1. The van der Waals surface area contributed by atoms with Crippen molar-refractivity contribution < 1.29 is 13.9 Å². The quantitative estimate of drug-likeness (QED) is 0.440. The molecule has 0 saturated carbocycles. The number of aromatic amines is 1. The normalized spacial score (nSPS) is 13.8. The lowest BCUT2D eigenvalue weighted by Crippen LogP contribution is -2.40. The fourth-order valence-electron chi connectivity index (χ4n) is 3.59. The topological polar surface area (TPSA) is 95.2 Å². The number of carbonyl (C=O) groups is 1. The van der Waals surface area contributed by atoms with E-state index in [1.54, 1.807) is 29.2 Å². The lowest BCUT2D eigenvalue weighted by molar-refractivity contribution is 0.0303. The molecule has 0 unspecified atom stereocenters. The number of hydrogen-bond acceptors (Lipinski definition) is 6. The summed E-state index contributed by atoms with van der Waals surface area (Å²) < 4.78 is 19.6. The van der Waals surface area contributed by atoms with Gasteiger partial charge >= 0.3 is 0 Å². The molecule has 0 spiro atoms. The first-order valence-corrected chi connectivity index (χ1v) is 10.3. The summed E-state index contributed by atoms with van der Waals surface area (Å²) in [7, 11) is 0. The Bertz CT molecular complexity index is 1270. The largest absolute Gasteiger partial charge is 0.378 e. The van der Waals surface area contributed by atoms with Crippen LogP contribution in [0.3, 0.4) is 0 Å². The van der Waals surface area contributed by atoms with Crippen molar-refractivity contribution in [2.45, 2.75) is 0 Å². The molecule has 3 N–H and O–H groups in total. The van der Waals surface area contributed by atoms with Gasteiger partial charge in [0.05, 0.1) is 19.4 Å². The zero-order valence-electron chi connectivity index (χ0n) is 17.1. The number of hydrogen-bond donors (Lipinski definition) is 3. The lowest BCUT2D eigenvalue weighted by Gasteiger charge is -2.27. The summed E-state index contributed by atoms with van der Waals surface area (Å²) in [6.07, 6.45) is 2.95. The molecule has 2 aromatic heterocycles. The molecule has 0 atom stereocenters. The molecule has 2 aromatic carbocycles. The van der Waals surface area contributed by atoms with Crippen molar-refractivity contribution in [1.82, 2.24) is 19.9 Å². The Hall–Kier alpha value is -3.98. The van der Waals surface area contributed by atoms with Gasteiger partial charge in [-0.15, -0.1) is 0 Å². The van der Waals surface area contributed by atoms with Gasteiger partial charge in [-0.25, -0.2) is 9.37 Å². The molecule has 5 rings (SSSR count). The van der Waals surface area contributed by atoms with Gasteiger partial charge in [0.25, 0.3) is 5.91 Å². The molecule has 4 aromatic rings. The smallest absolute Gasteiger partial charge is 0.254 e. The first kappa shape index (κ1) is 20.0. The molecule has 9 heteroatoms. The maximum atomic E-state index is 14.3. The number of fused-ring (bicyclic) bond motifs is 1. The second-order valence-electron chi connectivity index (χ2n) is 7.41. The van der Waals surface area contributed by atoms with Gasteiger partial charge < -0.3 is 25.3 Å². The standard InChI is InChI=1S/C23H21FN6O2/c24-19-14-26-23(29-21(19)27-18-5-4-15-6-7-25-20(15)13-18)28-17-3-1-2-16(12-17)22(31)30-8-10-32-11-9-30/h1-7,12-14,25H,8-11H2,(H2,26,27,28,29). The van der Waals surface area contributed by atoms with Crippen LogP contribution >= 0.6 is 0 Å². The molecular weight excluding hydrogens is 411 g/mol. The Morgan fingerprint density at radius 1 is 1.06 bits per heavy atom. The maximum Gasteiger partial charge on any atom is 0.254 e. The summed E-state index contributed by atoms with van der Waals surface area (Å²) in [5.41, 5.74) is 2.82. The van der Waals surface area contributed by atoms with E-state index in [1.165, 1.54) is 0 Å². The van der Waals surface area contributed by atoms with Crippen molar-refractivity contribution >= 4 is 40.0 Å². The Kier molecular flexibility index (Phi) is 5.39. The zero-order valence-corrected chi connectivity index (χ0v) is 17.1. The molecule has 1 aliphatic heterocycles. The Labute approximate surface area is 183 Å². The highest BCUT2D eigenvalue weighted by Crippen LogP contribution is 2.24. The van der Waals surface area contributed by atoms with Gasteiger partial charge in [-0.05, 0) is 41.8 Å². The van der Waals surface area contributed by atoms with Crippen molar-refractivity contribution in [3.63, 3.8) is 0 Å². The summed E-state index contributed by atoms with van der Waals surface area (Å²) in [6, 6.07) is 14.7. The van der Waals surface area contributed by atoms with Gasteiger partial charge in [0.15, 0.2) is 11.6 Å². The van der Waals surface area contributed by atoms with Gasteiger partial charge in [0.2, 0.25) is 5.95 Å². The van der Waals surface area contributed by atoms with Gasteiger partial charge in [-0.3, -0.25) is 4.79 Å². The number of benzene rings is 2. The number of carbonyl (C=O) groups excluding carboxylic acids is 1. The Morgan fingerprint density at radius 2 is 1.91 bits per heavy atom. The van der Waals surface area contributed by atoms with E-state index >= 15 is 0 Å². The van der Waals surface area contributed by atoms with Gasteiger partial charge in [0.1, 0.15) is 0 Å². The average Bonchev–Trinajstić information content (AvgIpc) is 3.29. The second kappa shape index (κ2) is 8.64. The van der Waals surface area contributed by atoms with E-state index in [0.29, 0.717) is 43.2 Å². The molecule has 8 nitrogen and oxygen atoms in total. The summed E-state index contributed by atoms with van der Waals surface area (Å²) in [4.78, 5) is 25.9. The first-order chi connectivity index (χ1) is 15.7. The Morgan fingerprint density at radius 3 is 2.78 bits per heavy atom. The predicted octanol–water partition coefficient (Wildman–Crippen LogP) is 4.06. The fourth-order valence-corrected chi connectivity index (χ4v) is 3.59. The van der Waals surface area contributed by atoms with E-state index in [0.717, 1.165) is 17.1 Å². The van der Waals surface area contributed by atoms with Crippen molar-refractivity contribution in [2.24, 2.45) is 0 Å². The number of ether oxygens (including phenoxy) is 1. The summed E-state index contributed by atoms with van der Waals surface area (Å²) in [5, 5.41) is 7.11. The van der Waals surface area contributed by atoms with Crippen molar-refractivity contribution in [2.75, 3.05) is 36.9 Å². The molecule has 32 heavy (non-hydrogen) atoms. The van der Waals surface area contributed by atoms with Crippen LogP contribution < -0.4 is 10.6 Å². The van der Waals surface area contributed by atoms with Crippen molar-refractivity contribution in [3.8, 4) is 0 Å². The number of H-pyrrole nitrogens is 1. The summed E-state index contributed by atoms with van der Waals surface area (Å²) in [6.45, 7) is 2.22. The lowest BCUT2D eigenvalue weighted by atomic mass is 10.1. The minimum Gasteiger partial charge on any atom is -0.378 e. The molecule has 3 heterocycles. The van der Waals surface area contributed by atoms with Crippen LogP contribution in [0, 0.1) is 5.82 Å². The highest BCUT2D eigenvalue weighted by molar-refractivity contribution is 5.95. The van der Waals surface area contributed by atoms with Gasteiger partial charge in [-0.1, -0.05) is 12.1 Å². The number of nitrogens with zero attached hydrogens (tertiary/aromatic N) is 3. The number of amides is 1. The fraction of sp³-hybridized carbons (Fsp3) is 0.174. The Balaban J connectivity index is 1.34. The van der Waals surface area contributed by atoms with Gasteiger partial charge in [-0.2, -0.15) is 4.98 Å². The maximum absolute atomic E-state index is 14.3. The molecule has 162 valence electrons.